The highest BCUT2D eigenvalue weighted by molar-refractivity contribution is 6.93. The highest BCUT2D eigenvalue weighted by Crippen LogP contribution is 2.34. The van der Waals surface area contributed by atoms with Crippen LogP contribution in [0.3, 0.4) is 0 Å². The molecule has 0 rings (SSSR count). The van der Waals surface area contributed by atoms with Crippen molar-refractivity contribution in [2.45, 2.75) is 90.7 Å². The molecule has 0 aromatic carbocycles. The van der Waals surface area contributed by atoms with Crippen LogP contribution in [0, 0.1) is 0 Å². The Kier molecular flexibility index (Phi) is 10.7. The Bertz CT molecular complexity index is 492. The molecule has 0 radical (unpaired) electrons. The van der Waals surface area contributed by atoms with Gasteiger partial charge in [-0.15, -0.1) is 13.2 Å². The van der Waals surface area contributed by atoms with Crippen molar-refractivity contribution in [1.29, 1.82) is 0 Å². The predicted octanol–water partition coefficient (Wildman–Crippen LogP) is 6.66. The maximum Gasteiger partial charge on any atom is 0.638 e. The Hall–Kier alpha value is 0.581. The van der Waals surface area contributed by atoms with Crippen LogP contribution in [0.1, 0.15) is 0 Å². The van der Waals surface area contributed by atoms with Crippen molar-refractivity contribution in [2.24, 2.45) is 0 Å². The van der Waals surface area contributed by atoms with Gasteiger partial charge < -0.3 is 20.6 Å². The molecular formula is C18H46O5Si6. The number of hydrogen-bond donors (Lipinski definition) is 0. The van der Waals surface area contributed by atoms with Crippen molar-refractivity contribution >= 4 is 50.9 Å². The van der Waals surface area contributed by atoms with E-state index >= 15 is 0 Å². The van der Waals surface area contributed by atoms with Crippen LogP contribution in [0.25, 0.3) is 0 Å². The summed E-state index contributed by atoms with van der Waals surface area (Å²) in [5.41, 5.74) is 0. The molecular weight excluding hydrogens is 465 g/mol. The van der Waals surface area contributed by atoms with E-state index < -0.39 is 50.9 Å². The molecule has 29 heavy (non-hydrogen) atoms. The van der Waals surface area contributed by atoms with Gasteiger partial charge in [0.2, 0.25) is 0 Å². The average molecular weight is 511 g/mol. The van der Waals surface area contributed by atoms with Crippen molar-refractivity contribution in [2.75, 3.05) is 0 Å². The van der Waals surface area contributed by atoms with Crippen molar-refractivity contribution in [1.82, 2.24) is 0 Å². The quantitative estimate of drug-likeness (QED) is 0.193. The first-order valence-corrected chi connectivity index (χ1v) is 27.9. The summed E-state index contributed by atoms with van der Waals surface area (Å²) < 4.78 is 33.9. The third-order valence-corrected chi connectivity index (χ3v) is 21.6. The summed E-state index contributed by atoms with van der Waals surface area (Å²) >= 11 is 0. The maximum absolute atomic E-state index is 7.00. The Balaban J connectivity index is 6.58. The van der Waals surface area contributed by atoms with Crippen LogP contribution in [0.5, 0.6) is 0 Å². The fourth-order valence-electron chi connectivity index (χ4n) is 2.75. The number of rotatable bonds is 14. The van der Waals surface area contributed by atoms with Crippen molar-refractivity contribution in [3.05, 3.63) is 25.3 Å². The molecule has 0 atom stereocenters. The lowest BCUT2D eigenvalue weighted by molar-refractivity contribution is 0.133. The van der Waals surface area contributed by atoms with Crippen LogP contribution >= 0.6 is 0 Å². The largest absolute Gasteiger partial charge is 0.638 e. The highest BCUT2D eigenvalue weighted by atomic mass is 28.6. The molecule has 11 heteroatoms. The first-order valence-electron chi connectivity index (χ1n) is 10.4. The van der Waals surface area contributed by atoms with Gasteiger partial charge in [0.25, 0.3) is 0 Å². The van der Waals surface area contributed by atoms with Gasteiger partial charge in [0.15, 0.2) is 33.3 Å². The second kappa shape index (κ2) is 10.5. The number of hydrogen-bond acceptors (Lipinski definition) is 5. The molecule has 0 aliphatic heterocycles. The van der Waals surface area contributed by atoms with Gasteiger partial charge >= 0.3 is 17.6 Å². The third-order valence-electron chi connectivity index (χ3n) is 3.01. The van der Waals surface area contributed by atoms with E-state index in [0.29, 0.717) is 12.1 Å². The molecule has 5 nitrogen and oxygen atoms in total. The van der Waals surface area contributed by atoms with Crippen molar-refractivity contribution < 1.29 is 20.6 Å². The lowest BCUT2D eigenvalue weighted by atomic mass is 10.7. The molecule has 0 saturated heterocycles. The lowest BCUT2D eigenvalue weighted by Crippen LogP contribution is -2.68. The van der Waals surface area contributed by atoms with Gasteiger partial charge in [-0.3, -0.25) is 0 Å². The summed E-state index contributed by atoms with van der Waals surface area (Å²) in [5.74, 6) is 0. The SMILES string of the molecule is C=CC[Si](CC=C)(O[Si](C)(C)C)O[Si](O[Si](C)(C)C)(O[Si](C)(C)C)O[Si](C)(C)C. The normalized spacial score (nSPS) is 14.8. The van der Waals surface area contributed by atoms with E-state index in [1.165, 1.54) is 0 Å². The molecule has 0 bridgehead atoms. The van der Waals surface area contributed by atoms with E-state index in [9.17, 15) is 0 Å². The minimum atomic E-state index is -3.46. The Labute approximate surface area is 187 Å². The summed E-state index contributed by atoms with van der Waals surface area (Å²) in [4.78, 5) is 0. The molecule has 0 aromatic heterocycles. The van der Waals surface area contributed by atoms with Crippen LogP contribution in [-0.2, 0) is 20.6 Å². The first kappa shape index (κ1) is 29.6. The van der Waals surface area contributed by atoms with Gasteiger partial charge in [-0.2, -0.15) is 0 Å². The second-order valence-electron chi connectivity index (χ2n) is 11.4. The molecule has 0 saturated carbocycles. The predicted molar refractivity (Wildman–Crippen MR) is 140 cm³/mol. The summed E-state index contributed by atoms with van der Waals surface area (Å²) in [5, 5.41) is 0. The first-order chi connectivity index (χ1) is 12.7. The molecule has 0 fully saturated rings. The standard InChI is InChI=1S/C18H46O5Si6/c1-15-17-28(18-16-2,19-24(3,4)5)23-29(20-25(6,7)8,21-26(9,10)11)22-27(12,13)14/h15-16H,1-2,17-18H2,3-14H3. The van der Waals surface area contributed by atoms with Crippen LogP contribution in [0.2, 0.25) is 90.7 Å². The second-order valence-corrected chi connectivity index (χ2v) is 36.0. The van der Waals surface area contributed by atoms with Crippen LogP contribution in [0.15, 0.2) is 25.3 Å². The van der Waals surface area contributed by atoms with Gasteiger partial charge in [0.1, 0.15) is 0 Å². The lowest BCUT2D eigenvalue weighted by Gasteiger charge is -2.46. The molecule has 0 aromatic rings. The van der Waals surface area contributed by atoms with Crippen molar-refractivity contribution in [3.8, 4) is 0 Å². The average Bonchev–Trinajstić information content (AvgIpc) is 2.28. The molecule has 0 amide bonds. The maximum atomic E-state index is 7.00. The highest BCUT2D eigenvalue weighted by Gasteiger charge is 2.59. The molecule has 0 aliphatic carbocycles. The van der Waals surface area contributed by atoms with Crippen molar-refractivity contribution in [3.63, 3.8) is 0 Å². The molecule has 0 N–H and O–H groups in total. The van der Waals surface area contributed by atoms with Gasteiger partial charge in [0.05, 0.1) is 0 Å². The van der Waals surface area contributed by atoms with Gasteiger partial charge in [0, 0.05) is 12.1 Å². The minimum Gasteiger partial charge on any atom is -0.436 e. The van der Waals surface area contributed by atoms with Crippen LogP contribution in [0.4, 0.5) is 0 Å². The summed E-state index contributed by atoms with van der Waals surface area (Å²) in [6.45, 7) is 33.9. The fourth-order valence-corrected chi connectivity index (χ4v) is 24.2. The zero-order valence-electron chi connectivity index (χ0n) is 21.0. The minimum absolute atomic E-state index is 0.650. The van der Waals surface area contributed by atoms with E-state index in [4.69, 9.17) is 20.6 Å². The van der Waals surface area contributed by atoms with Gasteiger partial charge in [-0.05, 0) is 78.6 Å². The zero-order chi connectivity index (χ0) is 23.4. The third kappa shape index (κ3) is 13.6. The summed E-state index contributed by atoms with van der Waals surface area (Å²) in [6.07, 6.45) is 3.79. The summed E-state index contributed by atoms with van der Waals surface area (Å²) in [7, 11) is -14.3. The van der Waals surface area contributed by atoms with Crippen LogP contribution < -0.4 is 0 Å². The topological polar surface area (TPSA) is 46.2 Å². The van der Waals surface area contributed by atoms with E-state index in [1.54, 1.807) is 0 Å². The fraction of sp³-hybridized carbons (Fsp3) is 0.778. The van der Waals surface area contributed by atoms with Gasteiger partial charge in [-0.1, -0.05) is 12.2 Å². The number of allylic oxidation sites excluding steroid dienone is 2. The summed E-state index contributed by atoms with van der Waals surface area (Å²) in [6, 6.07) is 1.30. The van der Waals surface area contributed by atoms with Gasteiger partial charge in [-0.25, -0.2) is 0 Å². The smallest absolute Gasteiger partial charge is 0.436 e. The Morgan fingerprint density at radius 1 is 0.483 bits per heavy atom. The Morgan fingerprint density at radius 2 is 0.759 bits per heavy atom. The van der Waals surface area contributed by atoms with E-state index in [-0.39, 0.29) is 0 Å². The monoisotopic (exact) mass is 510 g/mol. The molecule has 0 heterocycles. The van der Waals surface area contributed by atoms with E-state index in [0.717, 1.165) is 0 Å². The van der Waals surface area contributed by atoms with E-state index in [1.807, 2.05) is 12.2 Å². The van der Waals surface area contributed by atoms with Crippen LogP contribution in [-0.4, -0.2) is 50.9 Å². The molecule has 0 spiro atoms. The Morgan fingerprint density at radius 3 is 0.966 bits per heavy atom. The van der Waals surface area contributed by atoms with E-state index in [2.05, 4.69) is 91.7 Å². The molecule has 0 aliphatic rings. The molecule has 0 unspecified atom stereocenters. The zero-order valence-corrected chi connectivity index (χ0v) is 27.0. The molecule has 172 valence electrons.